The molecule has 1 aromatic heterocycles. The Labute approximate surface area is 140 Å². The molecular formula is C14H22ClIN4. The number of hydrogen-bond donors (Lipinski definition) is 0. The molecule has 6 heteroatoms. The molecule has 20 heavy (non-hydrogen) atoms. The van der Waals surface area contributed by atoms with Crippen molar-refractivity contribution in [3.8, 4) is 0 Å². The average Bonchev–Trinajstić information content (AvgIpc) is 2.40. The summed E-state index contributed by atoms with van der Waals surface area (Å²) in [6, 6.07) is 0.472. The first-order valence-corrected chi connectivity index (χ1v) is 8.56. The SMILES string of the molecule is CCCc1nc(CC2CN(C)CCN2C)nc(Cl)c1I. The number of rotatable bonds is 4. The Morgan fingerprint density at radius 3 is 2.75 bits per heavy atom. The van der Waals surface area contributed by atoms with Crippen LogP contribution in [0.5, 0.6) is 0 Å². The first-order chi connectivity index (χ1) is 9.51. The fourth-order valence-electron chi connectivity index (χ4n) is 2.54. The van der Waals surface area contributed by atoms with Gasteiger partial charge in [0.1, 0.15) is 11.0 Å². The zero-order chi connectivity index (χ0) is 14.7. The topological polar surface area (TPSA) is 32.3 Å². The number of nitrogens with zero attached hydrogens (tertiary/aromatic N) is 4. The first kappa shape index (κ1) is 16.4. The van der Waals surface area contributed by atoms with Crippen molar-refractivity contribution in [1.29, 1.82) is 0 Å². The van der Waals surface area contributed by atoms with Crippen molar-refractivity contribution in [2.24, 2.45) is 0 Å². The second kappa shape index (κ2) is 7.33. The summed E-state index contributed by atoms with van der Waals surface area (Å²) in [4.78, 5) is 14.0. The highest BCUT2D eigenvalue weighted by Crippen LogP contribution is 2.21. The van der Waals surface area contributed by atoms with E-state index in [1.165, 1.54) is 0 Å². The summed E-state index contributed by atoms with van der Waals surface area (Å²) in [5.74, 6) is 0.881. The van der Waals surface area contributed by atoms with Crippen molar-refractivity contribution in [2.45, 2.75) is 32.2 Å². The van der Waals surface area contributed by atoms with Crippen molar-refractivity contribution in [3.63, 3.8) is 0 Å². The summed E-state index contributed by atoms with van der Waals surface area (Å²) < 4.78 is 1.00. The average molecular weight is 409 g/mol. The lowest BCUT2D eigenvalue weighted by Crippen LogP contribution is -2.51. The molecule has 0 N–H and O–H groups in total. The monoisotopic (exact) mass is 408 g/mol. The Kier molecular flexibility index (Phi) is 6.01. The minimum absolute atomic E-state index is 0.472. The second-order valence-electron chi connectivity index (χ2n) is 5.54. The summed E-state index contributed by atoms with van der Waals surface area (Å²) in [5, 5.41) is 0.603. The van der Waals surface area contributed by atoms with E-state index in [-0.39, 0.29) is 0 Å². The fraction of sp³-hybridized carbons (Fsp3) is 0.714. The maximum Gasteiger partial charge on any atom is 0.146 e. The van der Waals surface area contributed by atoms with Gasteiger partial charge in [-0.15, -0.1) is 0 Å². The molecule has 1 aliphatic rings. The third-order valence-electron chi connectivity index (χ3n) is 3.81. The second-order valence-corrected chi connectivity index (χ2v) is 6.98. The van der Waals surface area contributed by atoms with Gasteiger partial charge in [-0.1, -0.05) is 24.9 Å². The molecule has 1 aromatic rings. The molecule has 4 nitrogen and oxygen atoms in total. The molecule has 2 heterocycles. The van der Waals surface area contributed by atoms with Crippen molar-refractivity contribution in [2.75, 3.05) is 33.7 Å². The van der Waals surface area contributed by atoms with Crippen LogP contribution in [-0.2, 0) is 12.8 Å². The van der Waals surface area contributed by atoms with Gasteiger partial charge in [-0.25, -0.2) is 9.97 Å². The normalized spacial score (nSPS) is 21.4. The van der Waals surface area contributed by atoms with Crippen molar-refractivity contribution in [3.05, 3.63) is 20.2 Å². The Balaban J connectivity index is 2.16. The lowest BCUT2D eigenvalue weighted by atomic mass is 10.1. The zero-order valence-electron chi connectivity index (χ0n) is 12.4. The van der Waals surface area contributed by atoms with Crippen LogP contribution >= 0.6 is 34.2 Å². The maximum absolute atomic E-state index is 6.25. The van der Waals surface area contributed by atoms with Crippen LogP contribution in [-0.4, -0.2) is 59.5 Å². The number of halogens is 2. The van der Waals surface area contributed by atoms with E-state index < -0.39 is 0 Å². The minimum atomic E-state index is 0.472. The predicted octanol–water partition coefficient (Wildman–Crippen LogP) is 2.48. The van der Waals surface area contributed by atoms with E-state index in [1.54, 1.807) is 0 Å². The molecule has 0 amide bonds. The molecule has 1 unspecified atom stereocenters. The zero-order valence-corrected chi connectivity index (χ0v) is 15.3. The number of aromatic nitrogens is 2. The Morgan fingerprint density at radius 1 is 1.30 bits per heavy atom. The van der Waals surface area contributed by atoms with Gasteiger partial charge < -0.3 is 9.80 Å². The lowest BCUT2D eigenvalue weighted by molar-refractivity contribution is 0.113. The molecule has 0 radical (unpaired) electrons. The van der Waals surface area contributed by atoms with E-state index in [9.17, 15) is 0 Å². The summed E-state index contributed by atoms with van der Waals surface area (Å²) in [6.45, 7) is 5.45. The Hall–Kier alpha value is 0.0200. The standard InChI is InChI=1S/C14H22ClIN4/c1-4-5-11-13(16)14(15)18-12(17-11)8-10-9-19(2)6-7-20(10)3/h10H,4-9H2,1-3H3. The van der Waals surface area contributed by atoms with Crippen molar-refractivity contribution >= 4 is 34.2 Å². The molecule has 0 aliphatic carbocycles. The largest absolute Gasteiger partial charge is 0.304 e. The summed E-state index contributed by atoms with van der Waals surface area (Å²) in [5.41, 5.74) is 1.09. The Bertz CT molecular complexity index is 469. The van der Waals surface area contributed by atoms with Gasteiger partial charge >= 0.3 is 0 Å². The highest BCUT2D eigenvalue weighted by Gasteiger charge is 2.24. The number of likely N-dealkylation sites (N-methyl/N-ethyl adjacent to an activating group) is 2. The van der Waals surface area contributed by atoms with E-state index in [0.29, 0.717) is 11.2 Å². The number of piperazine rings is 1. The van der Waals surface area contributed by atoms with Crippen LogP contribution in [0.15, 0.2) is 0 Å². The molecule has 0 spiro atoms. The van der Waals surface area contributed by atoms with Crippen LogP contribution in [0, 0.1) is 3.57 Å². The van der Waals surface area contributed by atoms with Crippen molar-refractivity contribution in [1.82, 2.24) is 19.8 Å². The maximum atomic E-state index is 6.25. The summed E-state index contributed by atoms with van der Waals surface area (Å²) >= 11 is 8.50. The van der Waals surface area contributed by atoms with E-state index in [1.807, 2.05) is 0 Å². The van der Waals surface area contributed by atoms with E-state index in [2.05, 4.69) is 58.4 Å². The van der Waals surface area contributed by atoms with Gasteiger partial charge in [-0.2, -0.15) is 0 Å². The number of hydrogen-bond acceptors (Lipinski definition) is 4. The van der Waals surface area contributed by atoms with Crippen molar-refractivity contribution < 1.29 is 0 Å². The van der Waals surface area contributed by atoms with Gasteiger partial charge in [0.2, 0.25) is 0 Å². The molecule has 2 rings (SSSR count). The molecule has 0 bridgehead atoms. The van der Waals surface area contributed by atoms with Crippen LogP contribution in [0.4, 0.5) is 0 Å². The molecule has 0 saturated carbocycles. The molecule has 1 atom stereocenters. The summed E-state index contributed by atoms with van der Waals surface area (Å²) in [7, 11) is 4.35. The third kappa shape index (κ3) is 4.02. The van der Waals surface area contributed by atoms with Crippen LogP contribution < -0.4 is 0 Å². The van der Waals surface area contributed by atoms with Gasteiger partial charge in [0.05, 0.1) is 9.26 Å². The smallest absolute Gasteiger partial charge is 0.146 e. The first-order valence-electron chi connectivity index (χ1n) is 7.10. The van der Waals surface area contributed by atoms with E-state index in [0.717, 1.165) is 54.0 Å². The fourth-order valence-corrected chi connectivity index (χ4v) is 3.26. The Morgan fingerprint density at radius 2 is 2.05 bits per heavy atom. The molecular weight excluding hydrogens is 387 g/mol. The summed E-state index contributed by atoms with van der Waals surface area (Å²) in [6.07, 6.45) is 2.91. The van der Waals surface area contributed by atoms with Crippen LogP contribution in [0.1, 0.15) is 24.9 Å². The molecule has 1 fully saturated rings. The van der Waals surface area contributed by atoms with E-state index in [4.69, 9.17) is 16.6 Å². The van der Waals surface area contributed by atoms with Crippen LogP contribution in [0.25, 0.3) is 0 Å². The van der Waals surface area contributed by atoms with Gasteiger partial charge in [-0.05, 0) is 43.1 Å². The van der Waals surface area contributed by atoms with Gasteiger partial charge in [0, 0.05) is 32.1 Å². The number of aryl methyl sites for hydroxylation is 1. The quantitative estimate of drug-likeness (QED) is 0.566. The molecule has 1 aliphatic heterocycles. The lowest BCUT2D eigenvalue weighted by Gasteiger charge is -2.37. The van der Waals surface area contributed by atoms with Gasteiger partial charge in [-0.3, -0.25) is 0 Å². The molecule has 0 aromatic carbocycles. The van der Waals surface area contributed by atoms with Gasteiger partial charge in [0.25, 0.3) is 0 Å². The predicted molar refractivity (Wildman–Crippen MR) is 91.4 cm³/mol. The molecule has 1 saturated heterocycles. The third-order valence-corrected chi connectivity index (χ3v) is 5.54. The molecule has 112 valence electrons. The van der Waals surface area contributed by atoms with Crippen LogP contribution in [0.3, 0.4) is 0 Å². The minimum Gasteiger partial charge on any atom is -0.304 e. The highest BCUT2D eigenvalue weighted by atomic mass is 127. The van der Waals surface area contributed by atoms with Crippen LogP contribution in [0.2, 0.25) is 5.15 Å². The van der Waals surface area contributed by atoms with Gasteiger partial charge in [0.15, 0.2) is 0 Å². The highest BCUT2D eigenvalue weighted by molar-refractivity contribution is 14.1. The van der Waals surface area contributed by atoms with E-state index >= 15 is 0 Å².